The third-order valence-corrected chi connectivity index (χ3v) is 2.79. The molecule has 0 fully saturated rings. The maximum absolute atomic E-state index is 13.0. The molecule has 4 heteroatoms. The van der Waals surface area contributed by atoms with Crippen LogP contribution in [0.25, 0.3) is 0 Å². The lowest BCUT2D eigenvalue weighted by Gasteiger charge is -2.17. The van der Waals surface area contributed by atoms with Crippen LogP contribution in [0.15, 0.2) is 28.4 Å². The molecular weight excluding hydrogens is 205 g/mol. The molecule has 0 saturated heterocycles. The van der Waals surface area contributed by atoms with Gasteiger partial charge in [-0.2, -0.15) is 5.10 Å². The van der Waals surface area contributed by atoms with E-state index in [1.165, 1.54) is 12.1 Å². The van der Waals surface area contributed by atoms with Crippen molar-refractivity contribution >= 4 is 11.5 Å². The topological polar surface area (TPSA) is 50.7 Å². The zero-order valence-electron chi connectivity index (χ0n) is 9.37. The normalized spacial score (nSPS) is 20.3. The Labute approximate surface area is 93.9 Å². The van der Waals surface area contributed by atoms with Crippen LogP contribution >= 0.6 is 0 Å². The molecule has 1 atom stereocenters. The average Bonchev–Trinajstić information content (AvgIpc) is 2.22. The Morgan fingerprint density at radius 3 is 2.75 bits per heavy atom. The fourth-order valence-electron chi connectivity index (χ4n) is 1.77. The van der Waals surface area contributed by atoms with E-state index in [0.717, 1.165) is 23.3 Å². The first kappa shape index (κ1) is 10.8. The third kappa shape index (κ3) is 1.96. The molecule has 84 valence electrons. The number of nitrogens with zero attached hydrogens (tertiary/aromatic N) is 2. The minimum atomic E-state index is -0.228. The molecule has 2 rings (SSSR count). The lowest BCUT2D eigenvalue weighted by atomic mass is 9.94. The van der Waals surface area contributed by atoms with Crippen LogP contribution in [0.2, 0.25) is 0 Å². The third-order valence-electron chi connectivity index (χ3n) is 2.79. The van der Waals surface area contributed by atoms with Crippen molar-refractivity contribution < 1.29 is 4.39 Å². The Kier molecular flexibility index (Phi) is 2.73. The van der Waals surface area contributed by atoms with Crippen LogP contribution < -0.4 is 5.73 Å². The molecule has 0 radical (unpaired) electrons. The molecule has 2 N–H and O–H groups in total. The SMILES string of the molecule is Cc1cc(F)ccc1C1=NN=C(N)C(C)C1. The smallest absolute Gasteiger partial charge is 0.125 e. The van der Waals surface area contributed by atoms with E-state index in [1.54, 1.807) is 6.07 Å². The van der Waals surface area contributed by atoms with Gasteiger partial charge in [0.2, 0.25) is 0 Å². The van der Waals surface area contributed by atoms with Gasteiger partial charge in [0.25, 0.3) is 0 Å². The summed E-state index contributed by atoms with van der Waals surface area (Å²) in [6.45, 7) is 3.87. The number of hydrogen-bond acceptors (Lipinski definition) is 3. The summed E-state index contributed by atoms with van der Waals surface area (Å²) in [7, 11) is 0. The summed E-state index contributed by atoms with van der Waals surface area (Å²) in [6, 6.07) is 4.69. The van der Waals surface area contributed by atoms with Crippen molar-refractivity contribution in [3.8, 4) is 0 Å². The van der Waals surface area contributed by atoms with Gasteiger partial charge in [0.1, 0.15) is 11.7 Å². The van der Waals surface area contributed by atoms with Crippen molar-refractivity contribution in [2.45, 2.75) is 20.3 Å². The zero-order chi connectivity index (χ0) is 11.7. The number of aryl methyl sites for hydroxylation is 1. The van der Waals surface area contributed by atoms with Gasteiger partial charge in [-0.15, -0.1) is 5.10 Å². The maximum atomic E-state index is 13.0. The Hall–Kier alpha value is -1.71. The van der Waals surface area contributed by atoms with Gasteiger partial charge < -0.3 is 5.73 Å². The Balaban J connectivity index is 2.39. The predicted octanol–water partition coefficient (Wildman–Crippen LogP) is 2.24. The van der Waals surface area contributed by atoms with E-state index in [4.69, 9.17) is 5.73 Å². The molecular formula is C12H14FN3. The fraction of sp³-hybridized carbons (Fsp3) is 0.333. The van der Waals surface area contributed by atoms with E-state index in [-0.39, 0.29) is 11.7 Å². The van der Waals surface area contributed by atoms with E-state index in [9.17, 15) is 4.39 Å². The summed E-state index contributed by atoms with van der Waals surface area (Å²) < 4.78 is 13.0. The van der Waals surface area contributed by atoms with Crippen LogP contribution in [0, 0.1) is 18.7 Å². The minimum absolute atomic E-state index is 0.192. The second kappa shape index (κ2) is 4.04. The molecule has 1 heterocycles. The van der Waals surface area contributed by atoms with E-state index in [0.29, 0.717) is 5.84 Å². The second-order valence-corrected chi connectivity index (χ2v) is 4.14. The number of hydrogen-bond donors (Lipinski definition) is 1. The number of nitrogens with two attached hydrogens (primary N) is 1. The van der Waals surface area contributed by atoms with Crippen molar-refractivity contribution in [1.29, 1.82) is 0 Å². The van der Waals surface area contributed by atoms with Gasteiger partial charge in [0, 0.05) is 17.9 Å². The Morgan fingerprint density at radius 1 is 1.38 bits per heavy atom. The van der Waals surface area contributed by atoms with Crippen LogP contribution in [-0.4, -0.2) is 11.5 Å². The van der Waals surface area contributed by atoms with Crippen LogP contribution in [0.3, 0.4) is 0 Å². The molecule has 0 aromatic heterocycles. The minimum Gasteiger partial charge on any atom is -0.385 e. The summed E-state index contributed by atoms with van der Waals surface area (Å²) in [5.41, 5.74) is 8.36. The van der Waals surface area contributed by atoms with Crippen molar-refractivity contribution in [3.05, 3.63) is 35.1 Å². The molecule has 0 amide bonds. The molecule has 0 spiro atoms. The van der Waals surface area contributed by atoms with Gasteiger partial charge in [-0.05, 0) is 30.7 Å². The van der Waals surface area contributed by atoms with Gasteiger partial charge in [-0.1, -0.05) is 6.92 Å². The highest BCUT2D eigenvalue weighted by atomic mass is 19.1. The number of halogens is 1. The first-order chi connectivity index (χ1) is 7.58. The van der Waals surface area contributed by atoms with Gasteiger partial charge in [0.05, 0.1) is 5.71 Å². The molecule has 1 aliphatic heterocycles. The van der Waals surface area contributed by atoms with Crippen LogP contribution in [-0.2, 0) is 0 Å². The number of amidine groups is 1. The number of benzene rings is 1. The molecule has 0 bridgehead atoms. The molecule has 1 unspecified atom stereocenters. The standard InChI is InChI=1S/C12H14FN3/c1-7-5-9(13)3-4-10(7)11-6-8(2)12(14)16-15-11/h3-5,8H,6H2,1-2H3,(H2,14,16). The summed E-state index contributed by atoms with van der Waals surface area (Å²) in [6.07, 6.45) is 0.752. The quantitative estimate of drug-likeness (QED) is 0.773. The van der Waals surface area contributed by atoms with Gasteiger partial charge in [-0.3, -0.25) is 0 Å². The Morgan fingerprint density at radius 2 is 2.12 bits per heavy atom. The molecule has 3 nitrogen and oxygen atoms in total. The lowest BCUT2D eigenvalue weighted by molar-refractivity contribution is 0.626. The summed E-state index contributed by atoms with van der Waals surface area (Å²) in [5, 5.41) is 8.00. The van der Waals surface area contributed by atoms with E-state index in [2.05, 4.69) is 10.2 Å². The molecule has 1 aromatic rings. The van der Waals surface area contributed by atoms with Gasteiger partial charge in [-0.25, -0.2) is 4.39 Å². The molecule has 0 saturated carbocycles. The van der Waals surface area contributed by atoms with Gasteiger partial charge >= 0.3 is 0 Å². The monoisotopic (exact) mass is 219 g/mol. The van der Waals surface area contributed by atoms with Crippen molar-refractivity contribution in [2.24, 2.45) is 21.9 Å². The Bertz CT molecular complexity index is 477. The van der Waals surface area contributed by atoms with Crippen LogP contribution in [0.1, 0.15) is 24.5 Å². The van der Waals surface area contributed by atoms with Crippen molar-refractivity contribution in [3.63, 3.8) is 0 Å². The fourth-order valence-corrected chi connectivity index (χ4v) is 1.77. The van der Waals surface area contributed by atoms with Crippen molar-refractivity contribution in [1.82, 2.24) is 0 Å². The highest BCUT2D eigenvalue weighted by Crippen LogP contribution is 2.19. The summed E-state index contributed by atoms with van der Waals surface area (Å²) >= 11 is 0. The molecule has 0 aliphatic carbocycles. The lowest BCUT2D eigenvalue weighted by Crippen LogP contribution is -2.27. The van der Waals surface area contributed by atoms with E-state index >= 15 is 0 Å². The highest BCUT2D eigenvalue weighted by molar-refractivity contribution is 6.05. The second-order valence-electron chi connectivity index (χ2n) is 4.14. The zero-order valence-corrected chi connectivity index (χ0v) is 9.37. The molecule has 16 heavy (non-hydrogen) atoms. The predicted molar refractivity (Wildman–Crippen MR) is 63.1 cm³/mol. The van der Waals surface area contributed by atoms with E-state index in [1.807, 2.05) is 13.8 Å². The highest BCUT2D eigenvalue weighted by Gasteiger charge is 2.18. The first-order valence-corrected chi connectivity index (χ1v) is 5.24. The van der Waals surface area contributed by atoms with Crippen LogP contribution in [0.5, 0.6) is 0 Å². The maximum Gasteiger partial charge on any atom is 0.125 e. The van der Waals surface area contributed by atoms with Gasteiger partial charge in [0.15, 0.2) is 0 Å². The first-order valence-electron chi connectivity index (χ1n) is 5.24. The largest absolute Gasteiger partial charge is 0.385 e. The number of rotatable bonds is 1. The molecule has 1 aromatic carbocycles. The van der Waals surface area contributed by atoms with Crippen LogP contribution in [0.4, 0.5) is 4.39 Å². The molecule has 1 aliphatic rings. The van der Waals surface area contributed by atoms with Crippen molar-refractivity contribution in [2.75, 3.05) is 0 Å². The summed E-state index contributed by atoms with van der Waals surface area (Å²) in [5.74, 6) is 0.522. The summed E-state index contributed by atoms with van der Waals surface area (Å²) in [4.78, 5) is 0. The average molecular weight is 219 g/mol. The van der Waals surface area contributed by atoms with E-state index < -0.39 is 0 Å².